The van der Waals surface area contributed by atoms with Crippen LogP contribution in [0.5, 0.6) is 0 Å². The number of aryl methyl sites for hydroxylation is 2. The van der Waals surface area contributed by atoms with Gasteiger partial charge in [0, 0.05) is 29.3 Å². The van der Waals surface area contributed by atoms with Gasteiger partial charge in [0.15, 0.2) is 0 Å². The van der Waals surface area contributed by atoms with E-state index in [1.54, 1.807) is 0 Å². The van der Waals surface area contributed by atoms with Crippen LogP contribution in [0.3, 0.4) is 0 Å². The largest absolute Gasteiger partial charge is 0.139 e. The van der Waals surface area contributed by atoms with Crippen molar-refractivity contribution in [1.29, 1.82) is 0 Å². The SMILES string of the molecule is CCCc1ccc(-c2ccc(-c3ccc(-c4ccc(C)cc4)s3)s2)s1. The Balaban J connectivity index is 1.58. The molecule has 0 saturated heterocycles. The van der Waals surface area contributed by atoms with E-state index in [1.165, 1.54) is 53.2 Å². The molecule has 3 heteroatoms. The van der Waals surface area contributed by atoms with Gasteiger partial charge in [-0.05, 0) is 55.3 Å². The number of hydrogen-bond acceptors (Lipinski definition) is 3. The molecule has 25 heavy (non-hydrogen) atoms. The second kappa shape index (κ2) is 7.28. The number of thiophene rings is 3. The molecule has 0 nitrogen and oxygen atoms in total. The Kier molecular flexibility index (Phi) is 4.89. The van der Waals surface area contributed by atoms with Crippen LogP contribution in [0, 0.1) is 6.92 Å². The monoisotopic (exact) mass is 380 g/mol. The molecular formula is C22H20S3. The predicted molar refractivity (Wildman–Crippen MR) is 115 cm³/mol. The van der Waals surface area contributed by atoms with Gasteiger partial charge in [0.25, 0.3) is 0 Å². The van der Waals surface area contributed by atoms with Crippen LogP contribution in [0.25, 0.3) is 29.9 Å². The van der Waals surface area contributed by atoms with Crippen LogP contribution in [0.1, 0.15) is 23.8 Å². The molecule has 0 N–H and O–H groups in total. The summed E-state index contributed by atoms with van der Waals surface area (Å²) in [6.45, 7) is 4.37. The van der Waals surface area contributed by atoms with E-state index in [4.69, 9.17) is 0 Å². The summed E-state index contributed by atoms with van der Waals surface area (Å²) in [6, 6.07) is 22.4. The first kappa shape index (κ1) is 16.8. The number of rotatable bonds is 5. The van der Waals surface area contributed by atoms with E-state index in [0.29, 0.717) is 0 Å². The summed E-state index contributed by atoms with van der Waals surface area (Å²) in [4.78, 5) is 8.33. The van der Waals surface area contributed by atoms with Crippen LogP contribution in [-0.2, 0) is 6.42 Å². The molecule has 0 atom stereocenters. The van der Waals surface area contributed by atoms with Gasteiger partial charge in [-0.25, -0.2) is 0 Å². The standard InChI is InChI=1S/C22H20S3/c1-3-4-17-9-10-19(23-17)20-13-14-22(25-20)21-12-11-18(24-21)16-7-5-15(2)6-8-16/h5-14H,3-4H2,1-2H3. The van der Waals surface area contributed by atoms with Crippen molar-refractivity contribution < 1.29 is 0 Å². The minimum Gasteiger partial charge on any atom is -0.139 e. The first-order valence-corrected chi connectivity index (χ1v) is 11.0. The fourth-order valence-electron chi connectivity index (χ4n) is 2.84. The van der Waals surface area contributed by atoms with Crippen LogP contribution < -0.4 is 0 Å². The van der Waals surface area contributed by atoms with Gasteiger partial charge in [-0.15, -0.1) is 34.0 Å². The van der Waals surface area contributed by atoms with E-state index >= 15 is 0 Å². The second-order valence-electron chi connectivity index (χ2n) is 6.21. The molecule has 0 aliphatic carbocycles. The Labute approximate surface area is 161 Å². The maximum atomic E-state index is 2.28. The normalized spacial score (nSPS) is 11.1. The van der Waals surface area contributed by atoms with Crippen molar-refractivity contribution in [3.63, 3.8) is 0 Å². The fraction of sp³-hybridized carbons (Fsp3) is 0.182. The van der Waals surface area contributed by atoms with Crippen LogP contribution in [0.15, 0.2) is 60.7 Å². The van der Waals surface area contributed by atoms with Crippen molar-refractivity contribution in [2.75, 3.05) is 0 Å². The molecule has 126 valence electrons. The van der Waals surface area contributed by atoms with Gasteiger partial charge < -0.3 is 0 Å². The molecule has 0 saturated carbocycles. The highest BCUT2D eigenvalue weighted by molar-refractivity contribution is 7.27. The zero-order chi connectivity index (χ0) is 17.2. The highest BCUT2D eigenvalue weighted by Gasteiger charge is 2.10. The zero-order valence-electron chi connectivity index (χ0n) is 14.4. The lowest BCUT2D eigenvalue weighted by Crippen LogP contribution is -1.72. The van der Waals surface area contributed by atoms with E-state index in [2.05, 4.69) is 74.5 Å². The van der Waals surface area contributed by atoms with E-state index in [-0.39, 0.29) is 0 Å². The molecule has 0 unspecified atom stereocenters. The van der Waals surface area contributed by atoms with Gasteiger partial charge >= 0.3 is 0 Å². The van der Waals surface area contributed by atoms with Crippen molar-refractivity contribution in [3.05, 3.63) is 71.1 Å². The summed E-state index contributed by atoms with van der Waals surface area (Å²) in [5.41, 5.74) is 2.61. The Morgan fingerprint density at radius 1 is 0.600 bits per heavy atom. The first-order valence-electron chi connectivity index (χ1n) is 8.59. The summed E-state index contributed by atoms with van der Waals surface area (Å²) in [7, 11) is 0. The molecule has 0 bridgehead atoms. The Morgan fingerprint density at radius 2 is 1.12 bits per heavy atom. The average molecular weight is 381 g/mol. The van der Waals surface area contributed by atoms with Gasteiger partial charge in [-0.1, -0.05) is 43.2 Å². The molecule has 3 aromatic heterocycles. The lowest BCUT2D eigenvalue weighted by atomic mass is 10.1. The van der Waals surface area contributed by atoms with Crippen molar-refractivity contribution in [2.24, 2.45) is 0 Å². The maximum absolute atomic E-state index is 2.28. The van der Waals surface area contributed by atoms with Crippen LogP contribution in [-0.4, -0.2) is 0 Å². The van der Waals surface area contributed by atoms with Gasteiger partial charge in [0.05, 0.1) is 0 Å². The Bertz CT molecular complexity index is 967. The highest BCUT2D eigenvalue weighted by Crippen LogP contribution is 2.41. The van der Waals surface area contributed by atoms with Crippen molar-refractivity contribution in [3.8, 4) is 29.9 Å². The molecule has 4 rings (SSSR count). The lowest BCUT2D eigenvalue weighted by molar-refractivity contribution is 0.940. The van der Waals surface area contributed by atoms with Crippen LogP contribution in [0.4, 0.5) is 0 Å². The molecule has 0 radical (unpaired) electrons. The predicted octanol–water partition coefficient (Wildman–Crippen LogP) is 8.13. The van der Waals surface area contributed by atoms with Crippen molar-refractivity contribution >= 4 is 34.0 Å². The summed E-state index contributed by atoms with van der Waals surface area (Å²) in [5, 5.41) is 0. The first-order chi connectivity index (χ1) is 12.2. The minimum absolute atomic E-state index is 1.19. The molecule has 0 aliphatic rings. The molecule has 0 fully saturated rings. The van der Waals surface area contributed by atoms with Gasteiger partial charge in [0.2, 0.25) is 0 Å². The topological polar surface area (TPSA) is 0 Å². The molecule has 0 spiro atoms. The fourth-order valence-corrected chi connectivity index (χ4v) is 6.14. The maximum Gasteiger partial charge on any atom is 0.0449 e. The Hall–Kier alpha value is -1.68. The third kappa shape index (κ3) is 3.64. The minimum atomic E-state index is 1.19. The second-order valence-corrected chi connectivity index (χ2v) is 9.55. The molecule has 1 aromatic carbocycles. The zero-order valence-corrected chi connectivity index (χ0v) is 16.9. The molecule has 0 amide bonds. The third-order valence-corrected chi connectivity index (χ3v) is 7.95. The van der Waals surface area contributed by atoms with E-state index in [0.717, 1.165) is 0 Å². The van der Waals surface area contributed by atoms with Crippen LogP contribution >= 0.6 is 34.0 Å². The number of hydrogen-bond donors (Lipinski definition) is 0. The summed E-state index contributed by atoms with van der Waals surface area (Å²) in [5.74, 6) is 0. The molecule has 3 heterocycles. The molecule has 4 aromatic rings. The van der Waals surface area contributed by atoms with Gasteiger partial charge in [-0.3, -0.25) is 0 Å². The third-order valence-electron chi connectivity index (χ3n) is 4.19. The summed E-state index contributed by atoms with van der Waals surface area (Å²) in [6.07, 6.45) is 2.40. The number of benzene rings is 1. The summed E-state index contributed by atoms with van der Waals surface area (Å²) >= 11 is 5.72. The van der Waals surface area contributed by atoms with Crippen molar-refractivity contribution in [1.82, 2.24) is 0 Å². The molecule has 0 aliphatic heterocycles. The van der Waals surface area contributed by atoms with Crippen LogP contribution in [0.2, 0.25) is 0 Å². The Morgan fingerprint density at radius 3 is 1.76 bits per heavy atom. The smallest absolute Gasteiger partial charge is 0.0449 e. The van der Waals surface area contributed by atoms with Gasteiger partial charge in [0.1, 0.15) is 0 Å². The summed E-state index contributed by atoms with van der Waals surface area (Å²) < 4.78 is 0. The highest BCUT2D eigenvalue weighted by atomic mass is 32.1. The van der Waals surface area contributed by atoms with E-state index < -0.39 is 0 Å². The quantitative estimate of drug-likeness (QED) is 0.328. The van der Waals surface area contributed by atoms with E-state index in [9.17, 15) is 0 Å². The van der Waals surface area contributed by atoms with Crippen molar-refractivity contribution in [2.45, 2.75) is 26.7 Å². The van der Waals surface area contributed by atoms with E-state index in [1.807, 2.05) is 34.0 Å². The average Bonchev–Trinajstić information content (AvgIpc) is 3.35. The lowest BCUT2D eigenvalue weighted by Gasteiger charge is -1.97. The van der Waals surface area contributed by atoms with Gasteiger partial charge in [-0.2, -0.15) is 0 Å². The molecular weight excluding hydrogens is 360 g/mol.